The lowest BCUT2D eigenvalue weighted by atomic mass is 10.2. The first-order valence-corrected chi connectivity index (χ1v) is 7.83. The summed E-state index contributed by atoms with van der Waals surface area (Å²) in [7, 11) is 1.55. The first-order chi connectivity index (χ1) is 10.0. The van der Waals surface area contributed by atoms with Crippen LogP contribution in [0, 0.1) is 0 Å². The first-order valence-electron chi connectivity index (χ1n) is 7.04. The van der Waals surface area contributed by atoms with Gasteiger partial charge in [-0.15, -0.1) is 0 Å². The number of hydrogen-bond acceptors (Lipinski definition) is 4. The van der Waals surface area contributed by atoms with Crippen molar-refractivity contribution >= 4 is 21.8 Å². The number of methoxy groups -OCH3 is 1. The molecule has 0 aliphatic carbocycles. The fourth-order valence-corrected chi connectivity index (χ4v) is 2.53. The number of nitrogens with one attached hydrogen (secondary N) is 1. The quantitative estimate of drug-likeness (QED) is 0.748. The highest BCUT2D eigenvalue weighted by molar-refractivity contribution is 9.10. The molecule has 0 spiro atoms. The van der Waals surface area contributed by atoms with Gasteiger partial charge in [-0.2, -0.15) is 0 Å². The molecule has 118 valence electrons. The molecule has 6 heteroatoms. The molecule has 3 N–H and O–H groups in total. The Labute approximate surface area is 134 Å². The number of amides is 1. The van der Waals surface area contributed by atoms with Crippen molar-refractivity contribution in [3.8, 4) is 11.5 Å². The molecule has 0 aliphatic rings. The van der Waals surface area contributed by atoms with Gasteiger partial charge in [0, 0.05) is 12.6 Å². The molecule has 0 saturated carbocycles. The third-order valence-electron chi connectivity index (χ3n) is 3.22. The topological polar surface area (TPSA) is 73.6 Å². The molecule has 0 fully saturated rings. The molecular formula is C15H23BrN2O3. The highest BCUT2D eigenvalue weighted by Crippen LogP contribution is 2.36. The summed E-state index contributed by atoms with van der Waals surface area (Å²) in [6.45, 7) is 4.44. The fraction of sp³-hybridized carbons (Fsp3) is 0.533. The summed E-state index contributed by atoms with van der Waals surface area (Å²) >= 11 is 3.42. The van der Waals surface area contributed by atoms with Crippen molar-refractivity contribution < 1.29 is 14.3 Å². The SMILES string of the molecule is CCC(CC)NC(=O)COc1c(Br)cc(CN)cc1OC. The third kappa shape index (κ3) is 5.21. The van der Waals surface area contributed by atoms with E-state index in [4.69, 9.17) is 15.2 Å². The number of ether oxygens (including phenoxy) is 2. The zero-order chi connectivity index (χ0) is 15.8. The molecule has 0 bridgehead atoms. The van der Waals surface area contributed by atoms with E-state index in [2.05, 4.69) is 21.2 Å². The molecule has 0 aromatic heterocycles. The number of hydrogen-bond donors (Lipinski definition) is 2. The van der Waals surface area contributed by atoms with Crippen LogP contribution in [0.25, 0.3) is 0 Å². The van der Waals surface area contributed by atoms with E-state index in [0.29, 0.717) is 18.0 Å². The highest BCUT2D eigenvalue weighted by atomic mass is 79.9. The van der Waals surface area contributed by atoms with Crippen LogP contribution in [-0.2, 0) is 11.3 Å². The Kier molecular flexibility index (Phi) is 7.53. The van der Waals surface area contributed by atoms with Gasteiger partial charge >= 0.3 is 0 Å². The number of rotatable bonds is 8. The molecule has 0 heterocycles. The minimum Gasteiger partial charge on any atom is -0.493 e. The summed E-state index contributed by atoms with van der Waals surface area (Å²) in [5.41, 5.74) is 6.54. The van der Waals surface area contributed by atoms with E-state index < -0.39 is 0 Å². The molecule has 5 nitrogen and oxygen atoms in total. The minimum absolute atomic E-state index is 0.0482. The molecule has 1 aromatic carbocycles. The second-order valence-electron chi connectivity index (χ2n) is 4.68. The van der Waals surface area contributed by atoms with Crippen LogP contribution < -0.4 is 20.5 Å². The molecule has 0 atom stereocenters. The van der Waals surface area contributed by atoms with E-state index in [-0.39, 0.29) is 18.6 Å². The standard InChI is InChI=1S/C15H23BrN2O3/c1-4-11(5-2)18-14(19)9-21-15-12(16)6-10(8-17)7-13(15)20-3/h6-7,11H,4-5,8-9,17H2,1-3H3,(H,18,19). The predicted octanol–water partition coefficient (Wildman–Crippen LogP) is 2.60. The van der Waals surface area contributed by atoms with E-state index in [1.807, 2.05) is 19.9 Å². The van der Waals surface area contributed by atoms with Gasteiger partial charge in [-0.3, -0.25) is 4.79 Å². The normalized spacial score (nSPS) is 10.6. The van der Waals surface area contributed by atoms with Gasteiger partial charge in [0.1, 0.15) is 0 Å². The Morgan fingerprint density at radius 2 is 2.05 bits per heavy atom. The van der Waals surface area contributed by atoms with Crippen molar-refractivity contribution in [3.63, 3.8) is 0 Å². The van der Waals surface area contributed by atoms with Crippen LogP contribution in [0.2, 0.25) is 0 Å². The number of benzene rings is 1. The number of nitrogens with two attached hydrogens (primary N) is 1. The largest absolute Gasteiger partial charge is 0.493 e. The average molecular weight is 359 g/mol. The summed E-state index contributed by atoms with van der Waals surface area (Å²) in [6, 6.07) is 3.85. The van der Waals surface area contributed by atoms with Crippen LogP contribution in [0.1, 0.15) is 32.3 Å². The molecule has 0 saturated heterocycles. The Balaban J connectivity index is 2.72. The summed E-state index contributed by atoms with van der Waals surface area (Å²) < 4.78 is 11.6. The lowest BCUT2D eigenvalue weighted by Gasteiger charge is -2.17. The summed E-state index contributed by atoms with van der Waals surface area (Å²) in [4.78, 5) is 11.9. The highest BCUT2D eigenvalue weighted by Gasteiger charge is 2.14. The Morgan fingerprint density at radius 1 is 1.38 bits per heavy atom. The van der Waals surface area contributed by atoms with Gasteiger partial charge in [-0.25, -0.2) is 0 Å². The maximum Gasteiger partial charge on any atom is 0.258 e. The van der Waals surface area contributed by atoms with Crippen LogP contribution >= 0.6 is 15.9 Å². The molecule has 21 heavy (non-hydrogen) atoms. The molecule has 1 rings (SSSR count). The maximum absolute atomic E-state index is 11.9. The van der Waals surface area contributed by atoms with Crippen LogP contribution in [0.3, 0.4) is 0 Å². The van der Waals surface area contributed by atoms with Crippen LogP contribution in [-0.4, -0.2) is 25.7 Å². The van der Waals surface area contributed by atoms with Gasteiger partial charge in [0.2, 0.25) is 0 Å². The van der Waals surface area contributed by atoms with Crippen LogP contribution in [0.4, 0.5) is 0 Å². The summed E-state index contributed by atoms with van der Waals surface area (Å²) in [5.74, 6) is 0.926. The fourth-order valence-electron chi connectivity index (χ4n) is 1.93. The monoisotopic (exact) mass is 358 g/mol. The lowest BCUT2D eigenvalue weighted by Crippen LogP contribution is -2.37. The van der Waals surface area contributed by atoms with Gasteiger partial charge in [0.25, 0.3) is 5.91 Å². The zero-order valence-corrected chi connectivity index (χ0v) is 14.3. The van der Waals surface area contributed by atoms with E-state index in [1.54, 1.807) is 13.2 Å². The minimum atomic E-state index is -0.138. The van der Waals surface area contributed by atoms with Crippen molar-refractivity contribution in [2.75, 3.05) is 13.7 Å². The van der Waals surface area contributed by atoms with Crippen molar-refractivity contribution in [1.29, 1.82) is 0 Å². The van der Waals surface area contributed by atoms with E-state index in [9.17, 15) is 4.79 Å². The molecule has 0 radical (unpaired) electrons. The number of halogens is 1. The molecule has 1 amide bonds. The van der Waals surface area contributed by atoms with Crippen molar-refractivity contribution in [3.05, 3.63) is 22.2 Å². The second kappa shape index (κ2) is 8.89. The summed E-state index contributed by atoms with van der Waals surface area (Å²) in [5, 5.41) is 2.93. The van der Waals surface area contributed by atoms with Crippen LogP contribution in [0.5, 0.6) is 11.5 Å². The Hall–Kier alpha value is -1.27. The van der Waals surface area contributed by atoms with E-state index in [0.717, 1.165) is 22.9 Å². The van der Waals surface area contributed by atoms with E-state index >= 15 is 0 Å². The number of carbonyl (C=O) groups is 1. The smallest absolute Gasteiger partial charge is 0.258 e. The van der Waals surface area contributed by atoms with Crippen LogP contribution in [0.15, 0.2) is 16.6 Å². The van der Waals surface area contributed by atoms with Crippen molar-refractivity contribution in [1.82, 2.24) is 5.32 Å². The second-order valence-corrected chi connectivity index (χ2v) is 5.54. The van der Waals surface area contributed by atoms with Gasteiger partial charge in [-0.05, 0) is 46.5 Å². The zero-order valence-electron chi connectivity index (χ0n) is 12.7. The third-order valence-corrected chi connectivity index (χ3v) is 3.81. The van der Waals surface area contributed by atoms with Gasteiger partial charge < -0.3 is 20.5 Å². The average Bonchev–Trinajstić information content (AvgIpc) is 2.50. The molecular weight excluding hydrogens is 336 g/mol. The maximum atomic E-state index is 11.9. The Bertz CT molecular complexity index is 476. The van der Waals surface area contributed by atoms with Gasteiger partial charge in [0.15, 0.2) is 18.1 Å². The first kappa shape index (κ1) is 17.8. The molecule has 1 aromatic rings. The van der Waals surface area contributed by atoms with E-state index in [1.165, 1.54) is 0 Å². The van der Waals surface area contributed by atoms with Crippen molar-refractivity contribution in [2.24, 2.45) is 5.73 Å². The lowest BCUT2D eigenvalue weighted by molar-refractivity contribution is -0.123. The Morgan fingerprint density at radius 3 is 2.57 bits per heavy atom. The van der Waals surface area contributed by atoms with Crippen molar-refractivity contribution in [2.45, 2.75) is 39.3 Å². The van der Waals surface area contributed by atoms with Gasteiger partial charge in [0.05, 0.1) is 11.6 Å². The molecule has 0 aliphatic heterocycles. The molecule has 0 unspecified atom stereocenters. The summed E-state index contributed by atoms with van der Waals surface area (Å²) in [6.07, 6.45) is 1.81. The predicted molar refractivity (Wildman–Crippen MR) is 86.6 cm³/mol. The number of carbonyl (C=O) groups excluding carboxylic acids is 1. The van der Waals surface area contributed by atoms with Gasteiger partial charge in [-0.1, -0.05) is 13.8 Å².